The van der Waals surface area contributed by atoms with Crippen LogP contribution >= 0.6 is 0 Å². The molecule has 0 N–H and O–H groups in total. The molecule has 182 valence electrons. The Morgan fingerprint density at radius 2 is 1.06 bits per heavy atom. The minimum absolute atomic E-state index is 0.141. The fourth-order valence-corrected chi connectivity index (χ4v) is 4.93. The van der Waals surface area contributed by atoms with Crippen LogP contribution in [0, 0.1) is 51.4 Å². The number of Topliss-reactive ketones (excluding diaryl/α,β-unsaturated/α-hetero) is 2. The van der Waals surface area contributed by atoms with Gasteiger partial charge in [-0.25, -0.2) is 0 Å². The molecule has 2 aromatic rings. The molecule has 0 radical (unpaired) electrons. The second-order valence-electron chi connectivity index (χ2n) is 9.66. The predicted octanol–water partition coefficient (Wildman–Crippen LogP) is 4.51. The van der Waals surface area contributed by atoms with E-state index >= 15 is 0 Å². The molecule has 0 amide bonds. The highest BCUT2D eigenvalue weighted by Gasteiger charge is 2.53. The van der Waals surface area contributed by atoms with Crippen LogP contribution in [0.2, 0.25) is 0 Å². The molecule has 1 fully saturated rings. The fourth-order valence-electron chi connectivity index (χ4n) is 4.93. The van der Waals surface area contributed by atoms with Gasteiger partial charge in [0.1, 0.15) is 0 Å². The van der Waals surface area contributed by atoms with Gasteiger partial charge in [-0.2, -0.15) is 0 Å². The minimum Gasteiger partial charge on any atom is -0.457 e. The highest BCUT2D eigenvalue weighted by molar-refractivity contribution is 5.99. The average Bonchev–Trinajstić information content (AvgIpc) is 3.46. The summed E-state index contributed by atoms with van der Waals surface area (Å²) in [4.78, 5) is 51.0. The van der Waals surface area contributed by atoms with E-state index in [9.17, 15) is 19.2 Å². The molecule has 1 saturated carbocycles. The molecule has 0 saturated heterocycles. The van der Waals surface area contributed by atoms with Crippen LogP contribution < -0.4 is 0 Å². The lowest BCUT2D eigenvalue weighted by atomic mass is 9.83. The smallest absolute Gasteiger partial charge is 0.310 e. The van der Waals surface area contributed by atoms with Crippen molar-refractivity contribution in [3.05, 3.63) is 81.9 Å². The monoisotopic (exact) mass is 474 g/mol. The van der Waals surface area contributed by atoms with Crippen LogP contribution in [0.4, 0.5) is 0 Å². The van der Waals surface area contributed by atoms with Gasteiger partial charge in [-0.15, -0.1) is 0 Å². The molecule has 6 heteroatoms. The molecule has 2 aliphatic rings. The van der Waals surface area contributed by atoms with Crippen molar-refractivity contribution in [3.8, 4) is 0 Å². The number of hydrogen-bond donors (Lipinski definition) is 0. The Balaban J connectivity index is 1.37. The molecular weight excluding hydrogens is 444 g/mol. The lowest BCUT2D eigenvalue weighted by Crippen LogP contribution is -2.36. The summed E-state index contributed by atoms with van der Waals surface area (Å²) in [5.41, 5.74) is 5.08. The molecule has 0 spiro atoms. The summed E-state index contributed by atoms with van der Waals surface area (Å²) in [5, 5.41) is 0. The van der Waals surface area contributed by atoms with Crippen molar-refractivity contribution >= 4 is 23.5 Å². The molecule has 0 aliphatic heterocycles. The molecule has 0 heterocycles. The summed E-state index contributed by atoms with van der Waals surface area (Å²) in [6.07, 6.45) is 4.49. The first kappa shape index (κ1) is 24.6. The maximum absolute atomic E-state index is 13.0. The van der Waals surface area contributed by atoms with Gasteiger partial charge in [0.2, 0.25) is 0 Å². The SMILES string of the molecule is Cc1ccc(C(=O)COC(=O)[C@H]2[C@H](C(=O)OCC(=O)c3ccc(C)c(C)c3)[C@H]3C=C[C@H]2C3)cc1C. The van der Waals surface area contributed by atoms with Crippen LogP contribution in [-0.4, -0.2) is 36.7 Å². The third kappa shape index (κ3) is 5.11. The van der Waals surface area contributed by atoms with E-state index < -0.39 is 23.8 Å². The summed E-state index contributed by atoms with van der Waals surface area (Å²) in [7, 11) is 0. The van der Waals surface area contributed by atoms with Gasteiger partial charge in [-0.3, -0.25) is 19.2 Å². The Hall–Kier alpha value is -3.54. The second-order valence-corrected chi connectivity index (χ2v) is 9.66. The first-order valence-electron chi connectivity index (χ1n) is 11.9. The van der Waals surface area contributed by atoms with Gasteiger partial charge >= 0.3 is 11.9 Å². The highest BCUT2D eigenvalue weighted by Crippen LogP contribution is 2.49. The summed E-state index contributed by atoms with van der Waals surface area (Å²) >= 11 is 0. The van der Waals surface area contributed by atoms with Crippen molar-refractivity contribution in [2.24, 2.45) is 23.7 Å². The van der Waals surface area contributed by atoms with Gasteiger partial charge in [0.05, 0.1) is 11.8 Å². The largest absolute Gasteiger partial charge is 0.457 e. The third-order valence-corrected chi connectivity index (χ3v) is 7.35. The molecular formula is C29H30O6. The second kappa shape index (κ2) is 9.98. The van der Waals surface area contributed by atoms with Crippen LogP contribution in [0.25, 0.3) is 0 Å². The quantitative estimate of drug-likeness (QED) is 0.318. The standard InChI is InChI=1S/C29H30O6/c1-16-5-7-20(11-18(16)3)24(30)14-34-28(32)26-22-9-10-23(13-22)27(26)29(33)35-15-25(31)21-8-6-17(2)19(4)12-21/h5-12,22-23,26-27H,13-15H2,1-4H3/t22-,23-,26+,27+/m0/s1. The van der Waals surface area contributed by atoms with Gasteiger partial charge in [0, 0.05) is 11.1 Å². The highest BCUT2D eigenvalue weighted by atomic mass is 16.5. The predicted molar refractivity (Wildman–Crippen MR) is 130 cm³/mol. The fraction of sp³-hybridized carbons (Fsp3) is 0.379. The van der Waals surface area contributed by atoms with E-state index in [0.717, 1.165) is 22.3 Å². The van der Waals surface area contributed by atoms with Gasteiger partial charge < -0.3 is 9.47 Å². The van der Waals surface area contributed by atoms with Crippen LogP contribution in [0.5, 0.6) is 0 Å². The molecule has 0 unspecified atom stereocenters. The first-order chi connectivity index (χ1) is 16.7. The normalized spacial score (nSPS) is 22.2. The Morgan fingerprint density at radius 3 is 1.43 bits per heavy atom. The number of hydrogen-bond acceptors (Lipinski definition) is 6. The van der Waals surface area contributed by atoms with Crippen LogP contribution in [0.15, 0.2) is 48.6 Å². The van der Waals surface area contributed by atoms with E-state index in [0.29, 0.717) is 17.5 Å². The summed E-state index contributed by atoms with van der Waals surface area (Å²) in [6, 6.07) is 10.7. The van der Waals surface area contributed by atoms with Crippen LogP contribution in [-0.2, 0) is 19.1 Å². The molecule has 2 aromatic carbocycles. The number of rotatable bonds is 8. The lowest BCUT2D eigenvalue weighted by Gasteiger charge is -2.24. The Bertz CT molecular complexity index is 1130. The number of aryl methyl sites for hydroxylation is 4. The number of carbonyl (C=O) groups excluding carboxylic acids is 4. The number of esters is 2. The van der Waals surface area contributed by atoms with Gasteiger partial charge in [-0.1, -0.05) is 36.4 Å². The van der Waals surface area contributed by atoms with Crippen molar-refractivity contribution < 1.29 is 28.7 Å². The van der Waals surface area contributed by atoms with Crippen molar-refractivity contribution in [1.82, 2.24) is 0 Å². The van der Waals surface area contributed by atoms with Crippen LogP contribution in [0.3, 0.4) is 0 Å². The molecule has 2 bridgehead atoms. The molecule has 6 nitrogen and oxygen atoms in total. The average molecular weight is 475 g/mol. The number of ketones is 2. The van der Waals surface area contributed by atoms with E-state index in [2.05, 4.69) is 0 Å². The summed E-state index contributed by atoms with van der Waals surface area (Å²) < 4.78 is 10.7. The van der Waals surface area contributed by atoms with Gasteiger partial charge in [-0.05, 0) is 80.3 Å². The third-order valence-electron chi connectivity index (χ3n) is 7.35. The number of ether oxygens (including phenoxy) is 2. The molecule has 35 heavy (non-hydrogen) atoms. The Morgan fingerprint density at radius 1 is 0.657 bits per heavy atom. The van der Waals surface area contributed by atoms with Crippen molar-refractivity contribution in [1.29, 1.82) is 0 Å². The van der Waals surface area contributed by atoms with E-state index in [-0.39, 0.29) is 36.6 Å². The van der Waals surface area contributed by atoms with Crippen molar-refractivity contribution in [2.75, 3.05) is 13.2 Å². The molecule has 2 aliphatic carbocycles. The number of carbonyl (C=O) groups is 4. The summed E-state index contributed by atoms with van der Waals surface area (Å²) in [5.74, 6) is -3.47. The maximum atomic E-state index is 13.0. The zero-order chi connectivity index (χ0) is 25.3. The van der Waals surface area contributed by atoms with E-state index in [4.69, 9.17) is 9.47 Å². The Kier molecular flexibility index (Phi) is 7.01. The zero-order valence-electron chi connectivity index (χ0n) is 20.5. The van der Waals surface area contributed by atoms with Crippen molar-refractivity contribution in [2.45, 2.75) is 34.1 Å². The zero-order valence-corrected chi connectivity index (χ0v) is 20.5. The van der Waals surface area contributed by atoms with Crippen LogP contribution in [0.1, 0.15) is 49.4 Å². The van der Waals surface area contributed by atoms with Crippen molar-refractivity contribution in [3.63, 3.8) is 0 Å². The Labute approximate surface area is 205 Å². The van der Waals surface area contributed by atoms with Gasteiger partial charge in [0.15, 0.2) is 24.8 Å². The van der Waals surface area contributed by atoms with E-state index in [1.165, 1.54) is 0 Å². The van der Waals surface area contributed by atoms with E-state index in [1.807, 2.05) is 52.0 Å². The minimum atomic E-state index is -0.721. The number of allylic oxidation sites excluding steroid dienone is 2. The summed E-state index contributed by atoms with van der Waals surface area (Å²) in [6.45, 7) is 6.99. The number of fused-ring (bicyclic) bond motifs is 2. The maximum Gasteiger partial charge on any atom is 0.310 e. The first-order valence-corrected chi connectivity index (χ1v) is 11.9. The van der Waals surface area contributed by atoms with Gasteiger partial charge in [0.25, 0.3) is 0 Å². The lowest BCUT2D eigenvalue weighted by molar-refractivity contribution is -0.160. The topological polar surface area (TPSA) is 86.7 Å². The molecule has 4 atom stereocenters. The van der Waals surface area contributed by atoms with E-state index in [1.54, 1.807) is 24.3 Å². The number of benzene rings is 2. The molecule has 4 rings (SSSR count). The molecule has 0 aromatic heterocycles.